The second kappa shape index (κ2) is 8.29. The topological polar surface area (TPSA) is 49.4 Å². The molecule has 0 heterocycles. The molecule has 0 aliphatic rings. The Morgan fingerprint density at radius 2 is 1.84 bits per heavy atom. The van der Waals surface area contributed by atoms with Gasteiger partial charge in [0.25, 0.3) is 0 Å². The van der Waals surface area contributed by atoms with E-state index in [-0.39, 0.29) is 0 Å². The van der Waals surface area contributed by atoms with Gasteiger partial charge in [0, 0.05) is 19.6 Å². The van der Waals surface area contributed by atoms with E-state index in [0.29, 0.717) is 19.6 Å². The van der Waals surface area contributed by atoms with Crippen molar-refractivity contribution in [2.75, 3.05) is 13.1 Å². The van der Waals surface area contributed by atoms with Crippen molar-refractivity contribution in [2.45, 2.75) is 33.2 Å². The van der Waals surface area contributed by atoms with E-state index in [2.05, 4.69) is 5.32 Å². The smallest absolute Gasteiger partial charge is 0.312 e. The molecule has 1 aromatic rings. The molecule has 0 spiro atoms. The molecule has 2 amide bonds. The van der Waals surface area contributed by atoms with Crippen LogP contribution in [0.15, 0.2) is 30.3 Å². The Hall–Kier alpha value is -1.84. The number of carbonyl (C=O) groups is 2. The van der Waals surface area contributed by atoms with E-state index in [9.17, 15) is 9.59 Å². The molecule has 104 valence electrons. The molecular weight excluding hydrogens is 240 g/mol. The number of likely N-dealkylation sites (N-methyl/N-ethyl adjacent to an activating group) is 1. The highest BCUT2D eigenvalue weighted by molar-refractivity contribution is 6.34. The van der Waals surface area contributed by atoms with Crippen LogP contribution in [0, 0.1) is 0 Å². The quantitative estimate of drug-likeness (QED) is 0.629. The third kappa shape index (κ3) is 5.12. The van der Waals surface area contributed by atoms with E-state index in [1.54, 1.807) is 4.90 Å². The maximum atomic E-state index is 12.0. The predicted molar refractivity (Wildman–Crippen MR) is 75.5 cm³/mol. The van der Waals surface area contributed by atoms with Gasteiger partial charge >= 0.3 is 11.8 Å². The number of amides is 2. The fourth-order valence-electron chi connectivity index (χ4n) is 1.73. The lowest BCUT2D eigenvalue weighted by atomic mass is 10.2. The number of nitrogens with zero attached hydrogens (tertiary/aromatic N) is 1. The van der Waals surface area contributed by atoms with Gasteiger partial charge in [-0.25, -0.2) is 0 Å². The molecule has 0 aliphatic carbocycles. The van der Waals surface area contributed by atoms with Crippen molar-refractivity contribution in [1.29, 1.82) is 0 Å². The van der Waals surface area contributed by atoms with Crippen molar-refractivity contribution < 1.29 is 9.59 Å². The first-order chi connectivity index (χ1) is 9.19. The van der Waals surface area contributed by atoms with E-state index in [1.165, 1.54) is 0 Å². The molecule has 0 aliphatic heterocycles. The molecule has 1 rings (SSSR count). The maximum absolute atomic E-state index is 12.0. The number of carbonyl (C=O) groups excluding carboxylic acids is 2. The van der Waals surface area contributed by atoms with Crippen LogP contribution in [-0.2, 0) is 16.1 Å². The molecule has 19 heavy (non-hydrogen) atoms. The van der Waals surface area contributed by atoms with Crippen molar-refractivity contribution >= 4 is 11.8 Å². The van der Waals surface area contributed by atoms with Crippen LogP contribution >= 0.6 is 0 Å². The Bertz CT molecular complexity index is 404. The molecule has 0 saturated carbocycles. The molecule has 0 atom stereocenters. The second-order valence-corrected chi connectivity index (χ2v) is 4.41. The van der Waals surface area contributed by atoms with Crippen molar-refractivity contribution in [3.8, 4) is 0 Å². The van der Waals surface area contributed by atoms with Gasteiger partial charge in [-0.1, -0.05) is 43.7 Å². The molecule has 4 nitrogen and oxygen atoms in total. The highest BCUT2D eigenvalue weighted by atomic mass is 16.2. The van der Waals surface area contributed by atoms with Gasteiger partial charge in [-0.15, -0.1) is 0 Å². The van der Waals surface area contributed by atoms with E-state index < -0.39 is 11.8 Å². The SMILES string of the molecule is CCCCNC(=O)C(=O)N(CC)Cc1ccccc1. The molecule has 0 aromatic heterocycles. The minimum Gasteiger partial charge on any atom is -0.348 e. The second-order valence-electron chi connectivity index (χ2n) is 4.41. The summed E-state index contributed by atoms with van der Waals surface area (Å²) in [5.41, 5.74) is 1.03. The third-order valence-electron chi connectivity index (χ3n) is 2.90. The average molecular weight is 262 g/mol. The van der Waals surface area contributed by atoms with Crippen LogP contribution in [0.5, 0.6) is 0 Å². The Morgan fingerprint density at radius 3 is 2.42 bits per heavy atom. The number of nitrogens with one attached hydrogen (secondary N) is 1. The zero-order valence-corrected chi connectivity index (χ0v) is 11.7. The Balaban J connectivity index is 2.54. The summed E-state index contributed by atoms with van der Waals surface area (Å²) in [6, 6.07) is 9.68. The van der Waals surface area contributed by atoms with Crippen LogP contribution in [0.4, 0.5) is 0 Å². The largest absolute Gasteiger partial charge is 0.348 e. The fourth-order valence-corrected chi connectivity index (χ4v) is 1.73. The normalized spacial score (nSPS) is 10.0. The van der Waals surface area contributed by atoms with Gasteiger partial charge in [0.15, 0.2) is 0 Å². The van der Waals surface area contributed by atoms with Crippen molar-refractivity contribution in [3.63, 3.8) is 0 Å². The summed E-state index contributed by atoms with van der Waals surface area (Å²) in [7, 11) is 0. The van der Waals surface area contributed by atoms with Crippen LogP contribution in [0.1, 0.15) is 32.3 Å². The van der Waals surface area contributed by atoms with Gasteiger partial charge in [0.05, 0.1) is 0 Å². The Labute approximate surface area is 114 Å². The molecule has 4 heteroatoms. The summed E-state index contributed by atoms with van der Waals surface area (Å²) >= 11 is 0. The lowest BCUT2D eigenvalue weighted by molar-refractivity contribution is -0.146. The molecule has 1 aromatic carbocycles. The molecule has 0 radical (unpaired) electrons. The van der Waals surface area contributed by atoms with Crippen LogP contribution in [0.3, 0.4) is 0 Å². The van der Waals surface area contributed by atoms with E-state index in [0.717, 1.165) is 18.4 Å². The maximum Gasteiger partial charge on any atom is 0.312 e. The van der Waals surface area contributed by atoms with Gasteiger partial charge in [0.1, 0.15) is 0 Å². The van der Waals surface area contributed by atoms with Crippen LogP contribution in [0.25, 0.3) is 0 Å². The van der Waals surface area contributed by atoms with Crippen LogP contribution in [-0.4, -0.2) is 29.8 Å². The Kier molecular flexibility index (Phi) is 6.64. The number of hydrogen-bond donors (Lipinski definition) is 1. The monoisotopic (exact) mass is 262 g/mol. The van der Waals surface area contributed by atoms with Crippen LogP contribution < -0.4 is 5.32 Å². The van der Waals surface area contributed by atoms with Gasteiger partial charge < -0.3 is 10.2 Å². The van der Waals surface area contributed by atoms with Crippen molar-refractivity contribution in [1.82, 2.24) is 10.2 Å². The number of benzene rings is 1. The lowest BCUT2D eigenvalue weighted by Gasteiger charge is -2.20. The molecule has 0 bridgehead atoms. The minimum atomic E-state index is -0.508. The average Bonchev–Trinajstić information content (AvgIpc) is 2.45. The van der Waals surface area contributed by atoms with Crippen LogP contribution in [0.2, 0.25) is 0 Å². The Morgan fingerprint density at radius 1 is 1.16 bits per heavy atom. The third-order valence-corrected chi connectivity index (χ3v) is 2.90. The lowest BCUT2D eigenvalue weighted by Crippen LogP contribution is -2.42. The molecule has 0 fully saturated rings. The summed E-state index contributed by atoms with van der Waals surface area (Å²) in [6.07, 6.45) is 1.89. The zero-order chi connectivity index (χ0) is 14.1. The minimum absolute atomic E-state index is 0.456. The molecular formula is C15H22N2O2. The van der Waals surface area contributed by atoms with Gasteiger partial charge in [0.2, 0.25) is 0 Å². The van der Waals surface area contributed by atoms with E-state index in [1.807, 2.05) is 44.2 Å². The first-order valence-electron chi connectivity index (χ1n) is 6.80. The first-order valence-corrected chi connectivity index (χ1v) is 6.80. The molecule has 1 N–H and O–H groups in total. The summed E-state index contributed by atoms with van der Waals surface area (Å²) < 4.78 is 0. The van der Waals surface area contributed by atoms with Gasteiger partial charge in [-0.3, -0.25) is 9.59 Å². The predicted octanol–water partition coefficient (Wildman–Crippen LogP) is 1.95. The molecule has 0 unspecified atom stereocenters. The summed E-state index contributed by atoms with van der Waals surface area (Å²) in [5, 5.41) is 2.65. The summed E-state index contributed by atoms with van der Waals surface area (Å²) in [4.78, 5) is 25.2. The highest BCUT2D eigenvalue weighted by Crippen LogP contribution is 2.04. The fraction of sp³-hybridized carbons (Fsp3) is 0.467. The van der Waals surface area contributed by atoms with Gasteiger partial charge in [-0.05, 0) is 18.9 Å². The summed E-state index contributed by atoms with van der Waals surface area (Å²) in [6.45, 7) is 5.47. The number of unbranched alkanes of at least 4 members (excludes halogenated alkanes) is 1. The van der Waals surface area contributed by atoms with Crippen molar-refractivity contribution in [2.24, 2.45) is 0 Å². The van der Waals surface area contributed by atoms with E-state index in [4.69, 9.17) is 0 Å². The summed E-state index contributed by atoms with van der Waals surface area (Å²) in [5.74, 6) is -0.964. The zero-order valence-electron chi connectivity index (χ0n) is 11.7. The first kappa shape index (κ1) is 15.2. The van der Waals surface area contributed by atoms with E-state index >= 15 is 0 Å². The standard InChI is InChI=1S/C15H22N2O2/c1-3-5-11-16-14(18)15(19)17(4-2)12-13-9-7-6-8-10-13/h6-10H,3-5,11-12H2,1-2H3,(H,16,18). The highest BCUT2D eigenvalue weighted by Gasteiger charge is 2.19. The number of hydrogen-bond acceptors (Lipinski definition) is 2. The van der Waals surface area contributed by atoms with Gasteiger partial charge in [-0.2, -0.15) is 0 Å². The number of rotatable bonds is 6. The van der Waals surface area contributed by atoms with Crippen molar-refractivity contribution in [3.05, 3.63) is 35.9 Å². The molecule has 0 saturated heterocycles.